The van der Waals surface area contributed by atoms with Crippen molar-refractivity contribution in [2.75, 3.05) is 11.4 Å². The van der Waals surface area contributed by atoms with E-state index in [1.165, 1.54) is 18.5 Å². The van der Waals surface area contributed by atoms with Crippen LogP contribution < -0.4 is 10.6 Å². The van der Waals surface area contributed by atoms with E-state index in [9.17, 15) is 0 Å². The molecule has 0 spiro atoms. The Balaban J connectivity index is 2.31. The highest BCUT2D eigenvalue weighted by Gasteiger charge is 2.30. The van der Waals surface area contributed by atoms with Gasteiger partial charge >= 0.3 is 0 Å². The molecule has 3 heteroatoms. The molecule has 0 atom stereocenters. The monoisotopic (exact) mass is 252 g/mol. The van der Waals surface area contributed by atoms with Gasteiger partial charge in [-0.2, -0.15) is 0 Å². The van der Waals surface area contributed by atoms with Crippen molar-refractivity contribution in [3.05, 3.63) is 28.8 Å². The van der Waals surface area contributed by atoms with Crippen molar-refractivity contribution in [3.63, 3.8) is 0 Å². The summed E-state index contributed by atoms with van der Waals surface area (Å²) in [7, 11) is 0. The Labute approximate surface area is 109 Å². The van der Waals surface area contributed by atoms with Gasteiger partial charge < -0.3 is 10.6 Å². The number of rotatable bonds is 5. The Morgan fingerprint density at radius 2 is 2.12 bits per heavy atom. The molecule has 1 aliphatic rings. The van der Waals surface area contributed by atoms with E-state index in [4.69, 9.17) is 17.3 Å². The Hall–Kier alpha value is -0.730. The van der Waals surface area contributed by atoms with Crippen LogP contribution in [0.2, 0.25) is 5.02 Å². The summed E-state index contributed by atoms with van der Waals surface area (Å²) in [5, 5.41) is 0.791. The maximum Gasteiger partial charge on any atom is 0.0471 e. The first-order valence-electron chi connectivity index (χ1n) is 6.37. The first-order valence-corrected chi connectivity index (χ1v) is 6.75. The number of hydrogen-bond acceptors (Lipinski definition) is 2. The highest BCUT2D eigenvalue weighted by atomic mass is 35.5. The summed E-state index contributed by atoms with van der Waals surface area (Å²) < 4.78 is 0. The van der Waals surface area contributed by atoms with E-state index in [-0.39, 0.29) is 0 Å². The largest absolute Gasteiger partial charge is 0.368 e. The van der Waals surface area contributed by atoms with E-state index in [1.807, 2.05) is 12.1 Å². The maximum absolute atomic E-state index is 6.23. The highest BCUT2D eigenvalue weighted by molar-refractivity contribution is 6.31. The first-order chi connectivity index (χ1) is 8.13. The molecule has 1 saturated carbocycles. The van der Waals surface area contributed by atoms with Crippen LogP contribution in [0, 0.1) is 5.92 Å². The van der Waals surface area contributed by atoms with E-state index in [2.05, 4.69) is 24.8 Å². The molecule has 1 aromatic carbocycles. The van der Waals surface area contributed by atoms with Crippen molar-refractivity contribution in [1.29, 1.82) is 0 Å². The van der Waals surface area contributed by atoms with Crippen molar-refractivity contribution in [1.82, 2.24) is 0 Å². The quantitative estimate of drug-likeness (QED) is 0.870. The van der Waals surface area contributed by atoms with Crippen molar-refractivity contribution in [2.24, 2.45) is 11.7 Å². The van der Waals surface area contributed by atoms with Crippen molar-refractivity contribution in [2.45, 2.75) is 39.3 Å². The van der Waals surface area contributed by atoms with Crippen molar-refractivity contribution in [3.8, 4) is 0 Å². The number of benzene rings is 1. The molecule has 1 fully saturated rings. The minimum absolute atomic E-state index is 0.510. The zero-order valence-electron chi connectivity index (χ0n) is 10.6. The molecule has 1 aliphatic carbocycles. The third-order valence-electron chi connectivity index (χ3n) is 3.16. The Morgan fingerprint density at radius 1 is 1.41 bits per heavy atom. The number of anilines is 1. The zero-order valence-corrected chi connectivity index (χ0v) is 11.4. The van der Waals surface area contributed by atoms with Gasteiger partial charge in [0.05, 0.1) is 0 Å². The van der Waals surface area contributed by atoms with Gasteiger partial charge in [-0.1, -0.05) is 31.5 Å². The molecule has 2 N–H and O–H groups in total. The maximum atomic E-state index is 6.23. The van der Waals surface area contributed by atoms with Crippen LogP contribution in [0.25, 0.3) is 0 Å². The molecule has 0 bridgehead atoms. The molecule has 0 aromatic heterocycles. The molecule has 0 heterocycles. The normalized spacial score (nSPS) is 15.4. The van der Waals surface area contributed by atoms with Crippen LogP contribution in [0.4, 0.5) is 5.69 Å². The lowest BCUT2D eigenvalue weighted by molar-refractivity contribution is 0.606. The molecule has 0 aliphatic heterocycles. The van der Waals surface area contributed by atoms with Gasteiger partial charge in [0, 0.05) is 35.4 Å². The molecule has 94 valence electrons. The molecule has 0 unspecified atom stereocenters. The third kappa shape index (κ3) is 2.93. The Bertz CT molecular complexity index is 386. The number of halogens is 1. The predicted octanol–water partition coefficient (Wildman–Crippen LogP) is 3.42. The second-order valence-electron chi connectivity index (χ2n) is 5.22. The number of nitrogens with zero attached hydrogens (tertiary/aromatic N) is 1. The van der Waals surface area contributed by atoms with Gasteiger partial charge in [-0.3, -0.25) is 0 Å². The summed E-state index contributed by atoms with van der Waals surface area (Å²) in [5.74, 6) is 0.653. The smallest absolute Gasteiger partial charge is 0.0471 e. The van der Waals surface area contributed by atoms with E-state index in [0.717, 1.165) is 17.1 Å². The Morgan fingerprint density at radius 3 is 2.65 bits per heavy atom. The van der Waals surface area contributed by atoms with Crippen LogP contribution in [-0.2, 0) is 6.54 Å². The predicted molar refractivity (Wildman–Crippen MR) is 74.5 cm³/mol. The van der Waals surface area contributed by atoms with E-state index in [0.29, 0.717) is 18.5 Å². The molecule has 2 nitrogen and oxygen atoms in total. The molecule has 1 aromatic rings. The van der Waals surface area contributed by atoms with Crippen LogP contribution in [0.1, 0.15) is 32.3 Å². The van der Waals surface area contributed by atoms with Crippen LogP contribution in [0.5, 0.6) is 0 Å². The van der Waals surface area contributed by atoms with Gasteiger partial charge in [-0.05, 0) is 30.9 Å². The summed E-state index contributed by atoms with van der Waals surface area (Å²) in [6.07, 6.45) is 2.59. The molecule has 0 saturated heterocycles. The van der Waals surface area contributed by atoms with Gasteiger partial charge in [0.1, 0.15) is 0 Å². The van der Waals surface area contributed by atoms with Gasteiger partial charge in [-0.25, -0.2) is 0 Å². The van der Waals surface area contributed by atoms with Gasteiger partial charge in [0.15, 0.2) is 0 Å². The van der Waals surface area contributed by atoms with Gasteiger partial charge in [0.2, 0.25) is 0 Å². The molecular weight excluding hydrogens is 232 g/mol. The summed E-state index contributed by atoms with van der Waals surface area (Å²) in [4.78, 5) is 2.48. The average molecular weight is 253 g/mol. The fourth-order valence-electron chi connectivity index (χ4n) is 2.24. The fraction of sp³-hybridized carbons (Fsp3) is 0.571. The summed E-state index contributed by atoms with van der Waals surface area (Å²) in [6.45, 7) is 6.10. The SMILES string of the molecule is CC(C)CN(c1cccc(Cl)c1CN)C1CC1. The molecule has 2 rings (SSSR count). The zero-order chi connectivity index (χ0) is 12.4. The summed E-state index contributed by atoms with van der Waals surface area (Å²) in [6, 6.07) is 6.79. The second kappa shape index (κ2) is 5.28. The molecular formula is C14H21ClN2. The topological polar surface area (TPSA) is 29.3 Å². The summed E-state index contributed by atoms with van der Waals surface area (Å²) in [5.41, 5.74) is 8.15. The average Bonchev–Trinajstić information content (AvgIpc) is 3.09. The molecule has 0 amide bonds. The molecule has 0 radical (unpaired) electrons. The van der Waals surface area contributed by atoms with E-state index >= 15 is 0 Å². The van der Waals surface area contributed by atoms with E-state index in [1.54, 1.807) is 0 Å². The summed E-state index contributed by atoms with van der Waals surface area (Å²) >= 11 is 6.23. The van der Waals surface area contributed by atoms with Crippen molar-refractivity contribution >= 4 is 17.3 Å². The minimum atomic E-state index is 0.510. The fourth-order valence-corrected chi connectivity index (χ4v) is 2.49. The lowest BCUT2D eigenvalue weighted by Gasteiger charge is -2.29. The van der Waals surface area contributed by atoms with E-state index < -0.39 is 0 Å². The highest BCUT2D eigenvalue weighted by Crippen LogP contribution is 2.36. The number of nitrogens with two attached hydrogens (primary N) is 1. The molecule has 17 heavy (non-hydrogen) atoms. The minimum Gasteiger partial charge on any atom is -0.368 e. The van der Waals surface area contributed by atoms with Crippen LogP contribution in [0.15, 0.2) is 18.2 Å². The van der Waals surface area contributed by atoms with Gasteiger partial charge in [0.25, 0.3) is 0 Å². The Kier molecular flexibility index (Phi) is 3.95. The lowest BCUT2D eigenvalue weighted by Crippen LogP contribution is -2.31. The first kappa shape index (κ1) is 12.7. The lowest BCUT2D eigenvalue weighted by atomic mass is 10.1. The van der Waals surface area contributed by atoms with Crippen molar-refractivity contribution < 1.29 is 0 Å². The standard InChI is InChI=1S/C14H21ClN2/c1-10(2)9-17(11-6-7-11)14-5-3-4-13(15)12(14)8-16/h3-5,10-11H,6-9,16H2,1-2H3. The van der Waals surface area contributed by atoms with Crippen LogP contribution >= 0.6 is 11.6 Å². The second-order valence-corrected chi connectivity index (χ2v) is 5.63. The third-order valence-corrected chi connectivity index (χ3v) is 3.51. The van der Waals surface area contributed by atoms with Crippen LogP contribution in [-0.4, -0.2) is 12.6 Å². The van der Waals surface area contributed by atoms with Crippen LogP contribution in [0.3, 0.4) is 0 Å². The number of hydrogen-bond donors (Lipinski definition) is 1. The van der Waals surface area contributed by atoms with Gasteiger partial charge in [-0.15, -0.1) is 0 Å².